The van der Waals surface area contributed by atoms with Crippen molar-refractivity contribution in [2.75, 3.05) is 53.0 Å². The van der Waals surface area contributed by atoms with E-state index in [1.807, 2.05) is 39.8 Å². The Labute approximate surface area is 254 Å². The van der Waals surface area contributed by atoms with Gasteiger partial charge >= 0.3 is 6.09 Å². The second-order valence-electron chi connectivity index (χ2n) is 11.0. The maximum atomic E-state index is 14.1. The number of likely N-dealkylation sites (tertiary alicyclic amines) is 1. The fraction of sp³-hybridized carbons (Fsp3) is 0.621. The molecule has 2 saturated heterocycles. The van der Waals surface area contributed by atoms with E-state index < -0.39 is 5.60 Å². The third kappa shape index (κ3) is 7.35. The maximum Gasteiger partial charge on any atom is 0.409 e. The first-order valence-electron chi connectivity index (χ1n) is 14.3. The number of aliphatic hydroxyl groups is 1. The molecule has 0 bridgehead atoms. The Bertz CT molecular complexity index is 1130. The van der Waals surface area contributed by atoms with Gasteiger partial charge in [-0.1, -0.05) is 43.2 Å². The van der Waals surface area contributed by atoms with Crippen LogP contribution in [0.1, 0.15) is 61.5 Å². The quantitative estimate of drug-likeness (QED) is 0.465. The van der Waals surface area contributed by atoms with Crippen LogP contribution in [-0.2, 0) is 9.47 Å². The molecule has 12 heteroatoms. The number of hydrogen-bond acceptors (Lipinski definition) is 7. The summed E-state index contributed by atoms with van der Waals surface area (Å²) in [6.45, 7) is 3.85. The van der Waals surface area contributed by atoms with Crippen LogP contribution in [0.4, 0.5) is 4.79 Å². The zero-order valence-electron chi connectivity index (χ0n) is 23.7. The van der Waals surface area contributed by atoms with Crippen molar-refractivity contribution in [3.05, 3.63) is 42.4 Å². The summed E-state index contributed by atoms with van der Waals surface area (Å²) in [6, 6.07) is 9.44. The van der Waals surface area contributed by atoms with Gasteiger partial charge in [0.25, 0.3) is 5.91 Å². The number of aromatic nitrogens is 2. The molecule has 41 heavy (non-hydrogen) atoms. The lowest BCUT2D eigenvalue weighted by molar-refractivity contribution is -0.0893. The van der Waals surface area contributed by atoms with Gasteiger partial charge < -0.3 is 34.3 Å². The first-order chi connectivity index (χ1) is 19.0. The fourth-order valence-corrected chi connectivity index (χ4v) is 6.35. The van der Waals surface area contributed by atoms with Crippen LogP contribution >= 0.6 is 24.8 Å². The number of methoxy groups -OCH3 is 1. The van der Waals surface area contributed by atoms with Gasteiger partial charge in [-0.05, 0) is 25.7 Å². The van der Waals surface area contributed by atoms with Crippen molar-refractivity contribution in [2.24, 2.45) is 0 Å². The van der Waals surface area contributed by atoms with E-state index in [0.717, 1.165) is 56.5 Å². The van der Waals surface area contributed by atoms with Crippen LogP contribution in [0.15, 0.2) is 36.7 Å². The predicted octanol–water partition coefficient (Wildman–Crippen LogP) is 3.92. The number of nitrogens with zero attached hydrogens (tertiary/aromatic N) is 4. The fourth-order valence-electron chi connectivity index (χ4n) is 6.35. The lowest BCUT2D eigenvalue weighted by Gasteiger charge is -2.41. The lowest BCUT2D eigenvalue weighted by Crippen LogP contribution is -2.54. The molecule has 5 rings (SSSR count). The van der Waals surface area contributed by atoms with E-state index in [1.54, 1.807) is 18.3 Å². The van der Waals surface area contributed by atoms with Gasteiger partial charge in [0.15, 0.2) is 5.69 Å². The molecule has 3 atom stereocenters. The SMILES string of the molecule is COC[C@]1(O)CCCC[C@H]1n1cnc(C(=O)N2CCNC[C@H]2CCOC(=O)N2CCCC2)c1-c1ccccc1.Cl.Cl. The van der Waals surface area contributed by atoms with Crippen molar-refractivity contribution in [3.63, 3.8) is 0 Å². The number of amides is 2. The Hall–Kier alpha value is -2.37. The number of rotatable bonds is 8. The first kappa shape index (κ1) is 33.1. The van der Waals surface area contributed by atoms with Gasteiger partial charge in [-0.15, -0.1) is 24.8 Å². The van der Waals surface area contributed by atoms with Gasteiger partial charge in [-0.25, -0.2) is 9.78 Å². The molecule has 1 saturated carbocycles. The number of nitrogens with one attached hydrogen (secondary N) is 1. The molecule has 3 aliphatic rings. The highest BCUT2D eigenvalue weighted by atomic mass is 35.5. The third-order valence-corrected chi connectivity index (χ3v) is 8.38. The van der Waals surface area contributed by atoms with Crippen molar-refractivity contribution >= 4 is 36.8 Å². The van der Waals surface area contributed by atoms with E-state index in [2.05, 4.69) is 10.3 Å². The van der Waals surface area contributed by atoms with Crippen LogP contribution in [0.2, 0.25) is 0 Å². The summed E-state index contributed by atoms with van der Waals surface area (Å²) >= 11 is 0. The van der Waals surface area contributed by atoms with E-state index in [9.17, 15) is 14.7 Å². The lowest BCUT2D eigenvalue weighted by atomic mass is 9.80. The number of benzene rings is 1. The van der Waals surface area contributed by atoms with E-state index in [1.165, 1.54) is 0 Å². The van der Waals surface area contributed by atoms with Crippen LogP contribution in [0, 0.1) is 0 Å². The number of piperazine rings is 1. The largest absolute Gasteiger partial charge is 0.449 e. The van der Waals surface area contributed by atoms with E-state index in [0.29, 0.717) is 38.2 Å². The first-order valence-corrected chi connectivity index (χ1v) is 14.3. The monoisotopic (exact) mass is 611 g/mol. The van der Waals surface area contributed by atoms with Crippen LogP contribution in [0.5, 0.6) is 0 Å². The molecule has 2 amide bonds. The number of halogens is 2. The molecule has 1 aromatic heterocycles. The average Bonchev–Trinajstić information content (AvgIpc) is 3.65. The van der Waals surface area contributed by atoms with Crippen molar-refractivity contribution in [2.45, 2.75) is 62.6 Å². The van der Waals surface area contributed by atoms with Gasteiger partial charge in [0, 0.05) is 57.9 Å². The molecule has 0 unspecified atom stereocenters. The van der Waals surface area contributed by atoms with Gasteiger partial charge in [0.05, 0.1) is 31.3 Å². The molecule has 3 fully saturated rings. The Balaban J connectivity index is 0.00000231. The van der Waals surface area contributed by atoms with Crippen LogP contribution in [0.3, 0.4) is 0 Å². The predicted molar refractivity (Wildman–Crippen MR) is 161 cm³/mol. The molecule has 2 aliphatic heterocycles. The topological polar surface area (TPSA) is 109 Å². The molecule has 0 spiro atoms. The molecule has 10 nitrogen and oxygen atoms in total. The minimum absolute atomic E-state index is 0. The highest BCUT2D eigenvalue weighted by Gasteiger charge is 2.42. The van der Waals surface area contributed by atoms with Gasteiger partial charge in [-0.2, -0.15) is 0 Å². The summed E-state index contributed by atoms with van der Waals surface area (Å²) in [7, 11) is 1.61. The Morgan fingerprint density at radius 2 is 1.85 bits per heavy atom. The summed E-state index contributed by atoms with van der Waals surface area (Å²) < 4.78 is 13.0. The molecule has 2 aromatic rings. The second kappa shape index (κ2) is 15.2. The molecule has 0 radical (unpaired) electrons. The number of hydrogen-bond donors (Lipinski definition) is 2. The zero-order chi connectivity index (χ0) is 27.2. The van der Waals surface area contributed by atoms with Crippen LogP contribution in [-0.4, -0.2) is 101 Å². The van der Waals surface area contributed by atoms with Crippen molar-refractivity contribution in [1.29, 1.82) is 0 Å². The molecule has 1 aromatic carbocycles. The van der Waals surface area contributed by atoms with E-state index >= 15 is 0 Å². The Kier molecular flexibility index (Phi) is 12.3. The minimum Gasteiger partial charge on any atom is -0.449 e. The zero-order valence-corrected chi connectivity index (χ0v) is 25.3. The summed E-state index contributed by atoms with van der Waals surface area (Å²) in [5.41, 5.74) is 0.955. The Morgan fingerprint density at radius 3 is 2.59 bits per heavy atom. The van der Waals surface area contributed by atoms with Gasteiger partial charge in [-0.3, -0.25) is 4.79 Å². The minimum atomic E-state index is -1.03. The van der Waals surface area contributed by atoms with Gasteiger partial charge in [0.2, 0.25) is 0 Å². The highest BCUT2D eigenvalue weighted by molar-refractivity contribution is 5.98. The molecular formula is C29H43Cl2N5O5. The number of carbonyl (C=O) groups excluding carboxylic acids is 2. The normalized spacial score (nSPS) is 24.3. The van der Waals surface area contributed by atoms with Crippen molar-refractivity contribution < 1.29 is 24.2 Å². The van der Waals surface area contributed by atoms with Crippen LogP contribution < -0.4 is 5.32 Å². The molecular weight excluding hydrogens is 569 g/mol. The van der Waals surface area contributed by atoms with Crippen molar-refractivity contribution in [1.82, 2.24) is 24.7 Å². The van der Waals surface area contributed by atoms with Crippen LogP contribution in [0.25, 0.3) is 11.3 Å². The number of ether oxygens (including phenoxy) is 2. The summed E-state index contributed by atoms with van der Waals surface area (Å²) in [5.74, 6) is -0.143. The summed E-state index contributed by atoms with van der Waals surface area (Å²) in [4.78, 5) is 34.7. The Morgan fingerprint density at radius 1 is 1.10 bits per heavy atom. The van der Waals surface area contributed by atoms with E-state index in [4.69, 9.17) is 9.47 Å². The maximum absolute atomic E-state index is 14.1. The third-order valence-electron chi connectivity index (χ3n) is 8.38. The second-order valence-corrected chi connectivity index (χ2v) is 11.0. The summed E-state index contributed by atoms with van der Waals surface area (Å²) in [6.07, 6.45) is 7.37. The molecule has 228 valence electrons. The highest BCUT2D eigenvalue weighted by Crippen LogP contribution is 2.41. The molecule has 3 heterocycles. The van der Waals surface area contributed by atoms with Crippen molar-refractivity contribution in [3.8, 4) is 11.3 Å². The summed E-state index contributed by atoms with van der Waals surface area (Å²) in [5, 5.41) is 15.0. The average molecular weight is 613 g/mol. The number of carbonyl (C=O) groups is 2. The number of imidazole rings is 1. The smallest absolute Gasteiger partial charge is 0.409 e. The standard InChI is InChI=1S/C29H41N5O5.2ClH/c1-38-20-29(37)13-6-5-11-24(29)34-21-31-25(26(34)22-9-3-2-4-10-22)27(35)33-17-14-30-19-23(33)12-18-39-28(36)32-15-7-8-16-32;;/h2-4,9-10,21,23-24,30,37H,5-8,11-20H2,1H3;2*1H/t23-,24-,29-;;/m1../s1. The van der Waals surface area contributed by atoms with E-state index in [-0.39, 0.29) is 62.1 Å². The molecule has 1 aliphatic carbocycles. The molecule has 2 N–H and O–H groups in total. The van der Waals surface area contributed by atoms with Gasteiger partial charge in [0.1, 0.15) is 5.60 Å².